The van der Waals surface area contributed by atoms with Crippen molar-refractivity contribution in [2.45, 2.75) is 39.9 Å². The van der Waals surface area contributed by atoms with Gasteiger partial charge in [0.15, 0.2) is 0 Å². The third-order valence-corrected chi connectivity index (χ3v) is 6.19. The predicted octanol–water partition coefficient (Wildman–Crippen LogP) is 2.64. The summed E-state index contributed by atoms with van der Waals surface area (Å²) in [5.74, 6) is 1.39. The zero-order chi connectivity index (χ0) is 25.5. The molecule has 1 fully saturated rings. The van der Waals surface area contributed by atoms with Crippen LogP contribution in [0, 0.1) is 6.92 Å². The number of hydrazone groups is 1. The second-order valence-electron chi connectivity index (χ2n) is 9.17. The van der Waals surface area contributed by atoms with E-state index in [1.807, 2.05) is 41.2 Å². The van der Waals surface area contributed by atoms with E-state index in [1.165, 1.54) is 0 Å². The summed E-state index contributed by atoms with van der Waals surface area (Å²) in [5.41, 5.74) is 10.3. The van der Waals surface area contributed by atoms with Crippen LogP contribution in [0.1, 0.15) is 36.2 Å². The molecule has 192 valence electrons. The fourth-order valence-corrected chi connectivity index (χ4v) is 4.40. The lowest BCUT2D eigenvalue weighted by Gasteiger charge is -2.39. The number of ether oxygens (including phenoxy) is 1. The normalized spacial score (nSPS) is 18.7. The van der Waals surface area contributed by atoms with Crippen molar-refractivity contribution < 1.29 is 13.9 Å². The Morgan fingerprint density at radius 1 is 1.22 bits per heavy atom. The van der Waals surface area contributed by atoms with Crippen molar-refractivity contribution in [1.82, 2.24) is 30.9 Å². The molecule has 9 nitrogen and oxygen atoms in total. The summed E-state index contributed by atoms with van der Waals surface area (Å²) in [5, 5.41) is 5.94. The van der Waals surface area contributed by atoms with Gasteiger partial charge < -0.3 is 9.64 Å². The molecule has 2 N–H and O–H groups in total. The minimum absolute atomic E-state index is 0.0118. The summed E-state index contributed by atoms with van der Waals surface area (Å²) < 4.78 is 17.5. The zero-order valence-electron chi connectivity index (χ0n) is 21.1. The first-order valence-electron chi connectivity index (χ1n) is 12.2. The van der Waals surface area contributed by atoms with Crippen molar-refractivity contribution >= 4 is 17.8 Å². The van der Waals surface area contributed by atoms with E-state index in [9.17, 15) is 9.18 Å². The molecule has 10 heteroatoms. The van der Waals surface area contributed by atoms with Gasteiger partial charge in [-0.3, -0.25) is 20.1 Å². The molecular formula is C26H34FN7O2. The van der Waals surface area contributed by atoms with Gasteiger partial charge in [0, 0.05) is 38.3 Å². The number of hydrogen-bond donors (Lipinski definition) is 2. The van der Waals surface area contributed by atoms with Crippen molar-refractivity contribution in [3.05, 3.63) is 65.0 Å². The number of hydrogen-bond acceptors (Lipinski definition) is 8. The first-order chi connectivity index (χ1) is 17.4. The van der Waals surface area contributed by atoms with Crippen LogP contribution in [0.4, 0.5) is 4.39 Å². The van der Waals surface area contributed by atoms with Crippen molar-refractivity contribution in [3.8, 4) is 5.75 Å². The molecular weight excluding hydrogens is 461 g/mol. The van der Waals surface area contributed by atoms with E-state index < -0.39 is 6.67 Å². The Bertz CT molecular complexity index is 1110. The van der Waals surface area contributed by atoms with Gasteiger partial charge in [-0.05, 0) is 50.1 Å². The molecule has 1 amide bonds. The highest BCUT2D eigenvalue weighted by Crippen LogP contribution is 2.18. The second-order valence-corrected chi connectivity index (χ2v) is 9.17. The molecule has 1 aromatic heterocycles. The number of amidine groups is 1. The average Bonchev–Trinajstić information content (AvgIpc) is 3.27. The van der Waals surface area contributed by atoms with Gasteiger partial charge in [0.2, 0.25) is 5.91 Å². The fourth-order valence-electron chi connectivity index (χ4n) is 4.40. The molecule has 0 aliphatic carbocycles. The Morgan fingerprint density at radius 3 is 2.78 bits per heavy atom. The SMILES string of the molecule is CC1=NNN(Cc2cc(C)ccc2/C=C/C(=O)N2CCN(Cc3ccc(OCCF)cn3)C[C@H]2C)N1. The maximum Gasteiger partial charge on any atom is 0.246 e. The molecule has 2 aromatic rings. The van der Waals surface area contributed by atoms with Crippen LogP contribution in [0.2, 0.25) is 0 Å². The molecule has 4 rings (SSSR count). The summed E-state index contributed by atoms with van der Waals surface area (Å²) in [7, 11) is 0. The number of piperazine rings is 1. The lowest BCUT2D eigenvalue weighted by molar-refractivity contribution is -0.130. The van der Waals surface area contributed by atoms with Crippen molar-refractivity contribution in [1.29, 1.82) is 0 Å². The largest absolute Gasteiger partial charge is 0.489 e. The monoisotopic (exact) mass is 495 g/mol. The molecule has 1 saturated heterocycles. The maximum atomic E-state index is 13.1. The average molecular weight is 496 g/mol. The molecule has 2 aliphatic heterocycles. The quantitative estimate of drug-likeness (QED) is 0.518. The highest BCUT2D eigenvalue weighted by molar-refractivity contribution is 5.92. The van der Waals surface area contributed by atoms with E-state index in [-0.39, 0.29) is 18.6 Å². The molecule has 0 unspecified atom stereocenters. The number of rotatable bonds is 9. The molecule has 1 atom stereocenters. The molecule has 2 aliphatic rings. The number of alkyl halides is 1. The second kappa shape index (κ2) is 12.0. The first kappa shape index (κ1) is 25.6. The topological polar surface area (TPSA) is 85.3 Å². The Balaban J connectivity index is 1.32. The molecule has 0 saturated carbocycles. The summed E-state index contributed by atoms with van der Waals surface area (Å²) in [6.45, 7) is 9.02. The van der Waals surface area contributed by atoms with Gasteiger partial charge in [-0.2, -0.15) is 0 Å². The standard InChI is InChI=1S/C26H34FN7O2/c1-19-4-5-22(23(14-19)17-34-30-21(3)29-31-34)6-9-26(35)33-12-11-32(16-20(33)2)18-24-7-8-25(15-28-24)36-13-10-27/h4-9,14-15,20,31H,10-13,16-18H2,1-3H3,(H,29,30)/b9-6+/t20-/m1/s1. The summed E-state index contributed by atoms with van der Waals surface area (Å²) in [6, 6.07) is 10.0. The van der Waals surface area contributed by atoms with Gasteiger partial charge in [-0.15, -0.1) is 10.2 Å². The van der Waals surface area contributed by atoms with E-state index in [2.05, 4.69) is 51.9 Å². The van der Waals surface area contributed by atoms with E-state index in [4.69, 9.17) is 4.74 Å². The van der Waals surface area contributed by atoms with Crippen LogP contribution in [-0.2, 0) is 17.9 Å². The number of nitrogens with one attached hydrogen (secondary N) is 2. The summed E-state index contributed by atoms with van der Waals surface area (Å²) in [4.78, 5) is 21.7. The Morgan fingerprint density at radius 2 is 2.08 bits per heavy atom. The molecule has 36 heavy (non-hydrogen) atoms. The zero-order valence-corrected chi connectivity index (χ0v) is 21.1. The number of hydrazine groups is 2. The van der Waals surface area contributed by atoms with E-state index >= 15 is 0 Å². The van der Waals surface area contributed by atoms with Crippen LogP contribution in [0.3, 0.4) is 0 Å². The number of carbonyl (C=O) groups excluding carboxylic acids is 1. The number of benzene rings is 1. The van der Waals surface area contributed by atoms with E-state index in [1.54, 1.807) is 12.3 Å². The van der Waals surface area contributed by atoms with Gasteiger partial charge in [-0.1, -0.05) is 23.8 Å². The predicted molar refractivity (Wildman–Crippen MR) is 137 cm³/mol. The third kappa shape index (κ3) is 6.79. The molecule has 1 aromatic carbocycles. The van der Waals surface area contributed by atoms with Crippen molar-refractivity contribution in [2.24, 2.45) is 5.10 Å². The maximum absolute atomic E-state index is 13.1. The molecule has 0 radical (unpaired) electrons. The first-order valence-corrected chi connectivity index (χ1v) is 12.2. The van der Waals surface area contributed by atoms with E-state index in [0.717, 1.165) is 41.3 Å². The van der Waals surface area contributed by atoms with Crippen LogP contribution < -0.4 is 15.7 Å². The smallest absolute Gasteiger partial charge is 0.246 e. The van der Waals surface area contributed by atoms with Gasteiger partial charge in [0.25, 0.3) is 0 Å². The third-order valence-electron chi connectivity index (χ3n) is 6.19. The minimum atomic E-state index is -0.521. The number of carbonyl (C=O) groups is 1. The number of aromatic nitrogens is 1. The van der Waals surface area contributed by atoms with Gasteiger partial charge in [0.1, 0.15) is 24.9 Å². The van der Waals surface area contributed by atoms with Crippen LogP contribution in [0.5, 0.6) is 5.75 Å². The minimum Gasteiger partial charge on any atom is -0.489 e. The van der Waals surface area contributed by atoms with E-state index in [0.29, 0.717) is 25.4 Å². The Hall–Kier alpha value is -3.50. The Kier molecular flexibility index (Phi) is 8.50. The number of halogens is 1. The van der Waals surface area contributed by atoms with Gasteiger partial charge >= 0.3 is 0 Å². The highest BCUT2D eigenvalue weighted by Gasteiger charge is 2.26. The summed E-state index contributed by atoms with van der Waals surface area (Å²) in [6.07, 6.45) is 5.20. The molecule has 0 spiro atoms. The highest BCUT2D eigenvalue weighted by atomic mass is 19.1. The van der Waals surface area contributed by atoms with Crippen LogP contribution in [-0.4, -0.2) is 70.6 Å². The number of aryl methyl sites for hydroxylation is 1. The lowest BCUT2D eigenvalue weighted by atomic mass is 10.0. The molecule has 0 bridgehead atoms. The lowest BCUT2D eigenvalue weighted by Crippen LogP contribution is -2.53. The summed E-state index contributed by atoms with van der Waals surface area (Å²) >= 11 is 0. The Labute approximate surface area is 211 Å². The van der Waals surface area contributed by atoms with Crippen LogP contribution in [0.25, 0.3) is 6.08 Å². The van der Waals surface area contributed by atoms with Crippen LogP contribution in [0.15, 0.2) is 47.7 Å². The number of pyridine rings is 1. The van der Waals surface area contributed by atoms with Crippen molar-refractivity contribution in [2.75, 3.05) is 32.9 Å². The van der Waals surface area contributed by atoms with Gasteiger partial charge in [0.05, 0.1) is 18.4 Å². The number of nitrogens with zero attached hydrogens (tertiary/aromatic N) is 5. The van der Waals surface area contributed by atoms with Gasteiger partial charge in [-0.25, -0.2) is 9.93 Å². The molecule has 3 heterocycles. The van der Waals surface area contributed by atoms with Crippen molar-refractivity contribution in [3.63, 3.8) is 0 Å². The van der Waals surface area contributed by atoms with Crippen LogP contribution >= 0.6 is 0 Å². The number of amides is 1. The fraction of sp³-hybridized carbons (Fsp3) is 0.423.